The van der Waals surface area contributed by atoms with Gasteiger partial charge in [-0.15, -0.1) is 11.3 Å². The van der Waals surface area contributed by atoms with Crippen LogP contribution in [0.25, 0.3) is 0 Å². The van der Waals surface area contributed by atoms with Gasteiger partial charge in [-0.25, -0.2) is 4.98 Å². The first-order valence-electron chi connectivity index (χ1n) is 5.66. The number of aliphatic hydroxyl groups excluding tert-OH is 1. The summed E-state index contributed by atoms with van der Waals surface area (Å²) in [7, 11) is 1.99. The average molecular weight is 283 g/mol. The first kappa shape index (κ1) is 13.3. The molecule has 96 valence electrons. The number of aromatic nitrogens is 1. The van der Waals surface area contributed by atoms with E-state index in [1.54, 1.807) is 17.4 Å². The highest BCUT2D eigenvalue weighted by molar-refractivity contribution is 7.10. The van der Waals surface area contributed by atoms with E-state index in [0.29, 0.717) is 10.7 Å². The maximum Gasteiger partial charge on any atom is 0.129 e. The fourth-order valence-electron chi connectivity index (χ4n) is 1.70. The Labute approximate surface area is 116 Å². The first-order valence-corrected chi connectivity index (χ1v) is 6.91. The molecule has 0 aliphatic carbocycles. The second-order valence-electron chi connectivity index (χ2n) is 4.06. The standard InChI is InChI=1S/C13H15ClN2OS/c1-9(12-4-3-7-18-12)16(2)13-6-5-10(14)11(8-17)15-13/h3-7,9,17H,8H2,1-2H3. The Morgan fingerprint density at radius 1 is 1.44 bits per heavy atom. The SMILES string of the molecule is CC(c1cccs1)N(C)c1ccc(Cl)c(CO)n1. The van der Waals surface area contributed by atoms with Crippen LogP contribution in [-0.2, 0) is 6.61 Å². The Bertz CT molecular complexity index is 516. The summed E-state index contributed by atoms with van der Waals surface area (Å²) in [5.41, 5.74) is 0.513. The minimum absolute atomic E-state index is 0.145. The molecule has 0 saturated heterocycles. The topological polar surface area (TPSA) is 36.4 Å². The maximum atomic E-state index is 9.18. The highest BCUT2D eigenvalue weighted by Crippen LogP contribution is 2.28. The fourth-order valence-corrected chi connectivity index (χ4v) is 2.69. The Morgan fingerprint density at radius 2 is 2.22 bits per heavy atom. The van der Waals surface area contributed by atoms with Crippen LogP contribution in [0.4, 0.5) is 5.82 Å². The summed E-state index contributed by atoms with van der Waals surface area (Å²) in [5, 5.41) is 11.7. The van der Waals surface area contributed by atoms with Crippen LogP contribution in [0.15, 0.2) is 29.6 Å². The van der Waals surface area contributed by atoms with Gasteiger partial charge in [0.05, 0.1) is 23.4 Å². The van der Waals surface area contributed by atoms with E-state index in [4.69, 9.17) is 11.6 Å². The summed E-state index contributed by atoms with van der Waals surface area (Å²) in [4.78, 5) is 7.72. The Balaban J connectivity index is 2.25. The number of pyridine rings is 1. The van der Waals surface area contributed by atoms with Gasteiger partial charge < -0.3 is 10.0 Å². The molecule has 2 aromatic rings. The molecule has 18 heavy (non-hydrogen) atoms. The molecule has 5 heteroatoms. The molecule has 0 spiro atoms. The van der Waals surface area contributed by atoms with Crippen molar-refractivity contribution in [1.82, 2.24) is 4.98 Å². The molecule has 2 rings (SSSR count). The molecule has 2 aromatic heterocycles. The molecule has 0 aromatic carbocycles. The number of halogens is 1. The Hall–Kier alpha value is -1.10. The fraction of sp³-hybridized carbons (Fsp3) is 0.308. The lowest BCUT2D eigenvalue weighted by molar-refractivity contribution is 0.277. The van der Waals surface area contributed by atoms with Crippen molar-refractivity contribution in [2.45, 2.75) is 19.6 Å². The zero-order chi connectivity index (χ0) is 13.1. The molecule has 0 radical (unpaired) electrons. The van der Waals surface area contributed by atoms with Gasteiger partial charge in [0.15, 0.2) is 0 Å². The van der Waals surface area contributed by atoms with Crippen molar-refractivity contribution in [3.05, 3.63) is 45.2 Å². The molecule has 0 fully saturated rings. The number of anilines is 1. The smallest absolute Gasteiger partial charge is 0.129 e. The zero-order valence-electron chi connectivity index (χ0n) is 10.3. The Morgan fingerprint density at radius 3 is 2.83 bits per heavy atom. The van der Waals surface area contributed by atoms with Crippen molar-refractivity contribution >= 4 is 28.8 Å². The summed E-state index contributed by atoms with van der Waals surface area (Å²) in [6, 6.07) is 8.02. The van der Waals surface area contributed by atoms with E-state index in [1.807, 2.05) is 19.2 Å². The summed E-state index contributed by atoms with van der Waals surface area (Å²) in [6.07, 6.45) is 0. The number of nitrogens with zero attached hydrogens (tertiary/aromatic N) is 2. The normalized spacial score (nSPS) is 12.4. The van der Waals surface area contributed by atoms with Gasteiger partial charge in [0.2, 0.25) is 0 Å². The van der Waals surface area contributed by atoms with E-state index < -0.39 is 0 Å². The van der Waals surface area contributed by atoms with Crippen molar-refractivity contribution in [3.63, 3.8) is 0 Å². The lowest BCUT2D eigenvalue weighted by Crippen LogP contribution is -2.22. The van der Waals surface area contributed by atoms with Gasteiger partial charge in [-0.05, 0) is 30.5 Å². The van der Waals surface area contributed by atoms with E-state index in [9.17, 15) is 5.11 Å². The number of hydrogen-bond donors (Lipinski definition) is 1. The predicted octanol–water partition coefficient (Wildman–Crippen LogP) is 3.49. The lowest BCUT2D eigenvalue weighted by atomic mass is 10.2. The van der Waals surface area contributed by atoms with Crippen LogP contribution in [0.2, 0.25) is 5.02 Å². The van der Waals surface area contributed by atoms with E-state index in [1.165, 1.54) is 4.88 Å². The molecule has 1 atom stereocenters. The molecule has 1 unspecified atom stereocenters. The highest BCUT2D eigenvalue weighted by Gasteiger charge is 2.15. The molecule has 3 nitrogen and oxygen atoms in total. The van der Waals surface area contributed by atoms with Gasteiger partial charge in [0.25, 0.3) is 0 Å². The predicted molar refractivity (Wildman–Crippen MR) is 76.3 cm³/mol. The van der Waals surface area contributed by atoms with Crippen molar-refractivity contribution in [2.75, 3.05) is 11.9 Å². The zero-order valence-corrected chi connectivity index (χ0v) is 11.9. The molecule has 0 bridgehead atoms. The molecule has 0 amide bonds. The quantitative estimate of drug-likeness (QED) is 0.933. The molecule has 0 aliphatic rings. The van der Waals surface area contributed by atoms with E-state index in [0.717, 1.165) is 5.82 Å². The number of thiophene rings is 1. The largest absolute Gasteiger partial charge is 0.390 e. The minimum Gasteiger partial charge on any atom is -0.390 e. The van der Waals surface area contributed by atoms with Crippen molar-refractivity contribution < 1.29 is 5.11 Å². The van der Waals surface area contributed by atoms with Gasteiger partial charge >= 0.3 is 0 Å². The van der Waals surface area contributed by atoms with Gasteiger partial charge in [0.1, 0.15) is 5.82 Å². The third kappa shape index (κ3) is 2.66. The number of aliphatic hydroxyl groups is 1. The van der Waals surface area contributed by atoms with E-state index in [2.05, 4.69) is 28.3 Å². The maximum absolute atomic E-state index is 9.18. The third-order valence-electron chi connectivity index (χ3n) is 2.95. The van der Waals surface area contributed by atoms with E-state index >= 15 is 0 Å². The van der Waals surface area contributed by atoms with Crippen molar-refractivity contribution in [3.8, 4) is 0 Å². The van der Waals surface area contributed by atoms with E-state index in [-0.39, 0.29) is 12.6 Å². The van der Waals surface area contributed by atoms with Gasteiger partial charge in [0, 0.05) is 11.9 Å². The van der Waals surface area contributed by atoms with Crippen molar-refractivity contribution in [2.24, 2.45) is 0 Å². The van der Waals surface area contributed by atoms with Crippen molar-refractivity contribution in [1.29, 1.82) is 0 Å². The molecule has 0 aliphatic heterocycles. The first-order chi connectivity index (χ1) is 8.63. The van der Waals surface area contributed by atoms with Crippen LogP contribution in [0.3, 0.4) is 0 Å². The summed E-state index contributed by atoms with van der Waals surface area (Å²) >= 11 is 7.66. The summed E-state index contributed by atoms with van der Waals surface area (Å²) in [6.45, 7) is 1.98. The van der Waals surface area contributed by atoms with Crippen LogP contribution in [0, 0.1) is 0 Å². The summed E-state index contributed by atoms with van der Waals surface area (Å²) < 4.78 is 0. The van der Waals surface area contributed by atoms with Gasteiger partial charge in [-0.3, -0.25) is 0 Å². The molecular weight excluding hydrogens is 268 g/mol. The Kier molecular flexibility index (Phi) is 4.22. The van der Waals surface area contributed by atoms with Crippen LogP contribution < -0.4 is 4.90 Å². The average Bonchev–Trinajstić information content (AvgIpc) is 2.91. The monoisotopic (exact) mass is 282 g/mol. The van der Waals surface area contributed by atoms with Crippen LogP contribution in [0.1, 0.15) is 23.5 Å². The minimum atomic E-state index is -0.145. The molecule has 0 saturated carbocycles. The van der Waals surface area contributed by atoms with Crippen LogP contribution in [0.5, 0.6) is 0 Å². The number of rotatable bonds is 4. The van der Waals surface area contributed by atoms with Gasteiger partial charge in [-0.1, -0.05) is 17.7 Å². The summed E-state index contributed by atoms with van der Waals surface area (Å²) in [5.74, 6) is 0.810. The van der Waals surface area contributed by atoms with Gasteiger partial charge in [-0.2, -0.15) is 0 Å². The van der Waals surface area contributed by atoms with Crippen LogP contribution >= 0.6 is 22.9 Å². The highest BCUT2D eigenvalue weighted by atomic mass is 35.5. The number of hydrogen-bond acceptors (Lipinski definition) is 4. The van der Waals surface area contributed by atoms with Crippen LogP contribution in [-0.4, -0.2) is 17.1 Å². The lowest BCUT2D eigenvalue weighted by Gasteiger charge is -2.25. The molecular formula is C13H15ClN2OS. The molecule has 2 heterocycles. The second-order valence-corrected chi connectivity index (χ2v) is 5.44. The third-order valence-corrected chi connectivity index (χ3v) is 4.34. The second kappa shape index (κ2) is 5.69. The molecule has 1 N–H and O–H groups in total.